The maximum Gasteiger partial charge on any atom is 0.117 e. The molecule has 22 heavy (non-hydrogen) atoms. The van der Waals surface area contributed by atoms with Crippen LogP contribution in [-0.4, -0.2) is 18.6 Å². The van der Waals surface area contributed by atoms with E-state index in [0.717, 1.165) is 19.3 Å². The van der Waals surface area contributed by atoms with Crippen LogP contribution in [0, 0.1) is 30.6 Å². The molecule has 0 amide bonds. The van der Waals surface area contributed by atoms with E-state index in [0.29, 0.717) is 6.61 Å². The van der Waals surface area contributed by atoms with E-state index >= 15 is 0 Å². The van der Waals surface area contributed by atoms with Gasteiger partial charge in [0.1, 0.15) is 12.4 Å². The zero-order valence-corrected chi connectivity index (χ0v) is 18.6. The van der Waals surface area contributed by atoms with Gasteiger partial charge in [0.25, 0.3) is 0 Å². The molecule has 0 aliphatic heterocycles. The summed E-state index contributed by atoms with van der Waals surface area (Å²) in [6.07, 6.45) is 4.47. The number of ketones is 1. The third-order valence-corrected chi connectivity index (χ3v) is 2.71. The summed E-state index contributed by atoms with van der Waals surface area (Å²) in [5.74, 6) is 0.197. The molecule has 1 unspecified atom stereocenters. The van der Waals surface area contributed by atoms with Crippen molar-refractivity contribution < 1.29 is 42.3 Å². The molecular weight excluding hydrogens is 351 g/mol. The van der Waals surface area contributed by atoms with E-state index < -0.39 is 0 Å². The summed E-state index contributed by atoms with van der Waals surface area (Å²) in [5.41, 5.74) is -0.0645. The molecule has 1 radical (unpaired) electrons. The van der Waals surface area contributed by atoms with Crippen LogP contribution in [-0.2, 0) is 42.3 Å². The number of nitrogens with zero attached hydrogens (tertiary/aromatic N) is 1. The average molecular weight is 386 g/mol. The van der Waals surface area contributed by atoms with Crippen LogP contribution in [0.2, 0.25) is 0 Å². The number of hydrogen-bond donors (Lipinski definition) is 0. The van der Waals surface area contributed by atoms with Gasteiger partial charge < -0.3 is 23.5 Å². The Labute approximate surface area is 163 Å². The molecule has 0 aliphatic rings. The standard InChI is InChI=1S/C12H23O.C6H12NO.Y/c1-9(8-11(2,3)4)10(13)12(5,6)7;1-3-5-6-8-7-4-2;/h9H,1,8H2,2-7H3;4H,2-3,5-6H2,1H3;/q2*-1;/b;7-4+;. The van der Waals surface area contributed by atoms with Gasteiger partial charge in [-0.1, -0.05) is 67.5 Å². The van der Waals surface area contributed by atoms with Gasteiger partial charge >= 0.3 is 0 Å². The van der Waals surface area contributed by atoms with E-state index in [-0.39, 0.29) is 55.2 Å². The Kier molecular flexibility index (Phi) is 16.6. The van der Waals surface area contributed by atoms with Crippen LogP contribution in [0.1, 0.15) is 67.7 Å². The summed E-state index contributed by atoms with van der Waals surface area (Å²) in [6, 6.07) is 0. The van der Waals surface area contributed by atoms with E-state index in [9.17, 15) is 4.79 Å². The van der Waals surface area contributed by atoms with Gasteiger partial charge in [0.2, 0.25) is 0 Å². The first-order chi connectivity index (χ1) is 9.45. The minimum absolute atomic E-state index is 0. The van der Waals surface area contributed by atoms with Gasteiger partial charge in [0, 0.05) is 38.1 Å². The smallest absolute Gasteiger partial charge is 0.117 e. The Morgan fingerprint density at radius 1 is 1.23 bits per heavy atom. The summed E-state index contributed by atoms with van der Waals surface area (Å²) in [5, 5.41) is 3.47. The molecule has 129 valence electrons. The SMILES string of the molecule is [CH2-]/C=N/OCCCC.[CH2-]C(CC(C)(C)C)C(=O)C(C)(C)C.[Y]. The van der Waals surface area contributed by atoms with Crippen molar-refractivity contribution in [2.45, 2.75) is 67.7 Å². The van der Waals surface area contributed by atoms with Gasteiger partial charge in [0.05, 0.1) is 0 Å². The molecule has 1 atom stereocenters. The van der Waals surface area contributed by atoms with Crippen LogP contribution in [0.15, 0.2) is 5.16 Å². The van der Waals surface area contributed by atoms with Crippen molar-refractivity contribution in [2.24, 2.45) is 21.9 Å². The van der Waals surface area contributed by atoms with E-state index in [1.54, 1.807) is 0 Å². The van der Waals surface area contributed by atoms with Crippen LogP contribution < -0.4 is 0 Å². The first-order valence-electron chi connectivity index (χ1n) is 7.76. The molecule has 4 heteroatoms. The predicted molar refractivity (Wildman–Crippen MR) is 92.1 cm³/mol. The Morgan fingerprint density at radius 2 is 1.73 bits per heavy atom. The molecular formula is C18H35NO2Y-2. The second-order valence-corrected chi connectivity index (χ2v) is 7.55. The van der Waals surface area contributed by atoms with Crippen LogP contribution in [0.5, 0.6) is 0 Å². The number of hydrogen-bond acceptors (Lipinski definition) is 3. The second-order valence-electron chi connectivity index (χ2n) is 7.55. The van der Waals surface area contributed by atoms with Gasteiger partial charge in [-0.15, -0.1) is 11.1 Å². The molecule has 0 heterocycles. The molecule has 3 nitrogen and oxygen atoms in total. The fourth-order valence-electron chi connectivity index (χ4n) is 1.76. The van der Waals surface area contributed by atoms with E-state index in [4.69, 9.17) is 4.84 Å². The summed E-state index contributed by atoms with van der Waals surface area (Å²) < 4.78 is 0. The Bertz CT molecular complexity index is 301. The van der Waals surface area contributed by atoms with Gasteiger partial charge in [-0.2, -0.15) is 0 Å². The number of oxime groups is 1. The summed E-state index contributed by atoms with van der Waals surface area (Å²) in [6.45, 7) is 22.4. The van der Waals surface area contributed by atoms with Gasteiger partial charge in [0.15, 0.2) is 0 Å². The largest absolute Gasteiger partial charge is 0.399 e. The zero-order valence-electron chi connectivity index (χ0n) is 15.7. The van der Waals surface area contributed by atoms with Crippen molar-refractivity contribution in [2.75, 3.05) is 6.61 Å². The second kappa shape index (κ2) is 13.5. The van der Waals surface area contributed by atoms with Crippen LogP contribution in [0.4, 0.5) is 0 Å². The van der Waals surface area contributed by atoms with E-state index in [2.05, 4.69) is 46.7 Å². The molecule has 0 saturated heterocycles. The minimum atomic E-state index is -0.252. The molecule has 0 aromatic carbocycles. The monoisotopic (exact) mass is 386 g/mol. The first-order valence-corrected chi connectivity index (χ1v) is 7.76. The van der Waals surface area contributed by atoms with Crippen molar-refractivity contribution in [1.82, 2.24) is 0 Å². The summed E-state index contributed by atoms with van der Waals surface area (Å²) in [7, 11) is 0. The number of unbranched alkanes of at least 4 members (excludes halogenated alkanes) is 1. The van der Waals surface area contributed by atoms with Crippen molar-refractivity contribution >= 4 is 12.0 Å². The molecule has 0 aromatic rings. The normalized spacial score (nSPS) is 12.9. The number of Topliss-reactive ketones (excluding diaryl/α,β-unsaturated/α-hetero) is 1. The van der Waals surface area contributed by atoms with Gasteiger partial charge in [-0.25, -0.2) is 0 Å². The van der Waals surface area contributed by atoms with Crippen molar-refractivity contribution in [1.29, 1.82) is 0 Å². The molecule has 0 bridgehead atoms. The molecule has 0 fully saturated rings. The molecule has 0 spiro atoms. The maximum atomic E-state index is 11.8. The molecule has 0 aromatic heterocycles. The fourth-order valence-corrected chi connectivity index (χ4v) is 1.76. The molecule has 0 aliphatic carbocycles. The summed E-state index contributed by atoms with van der Waals surface area (Å²) in [4.78, 5) is 16.5. The van der Waals surface area contributed by atoms with Crippen molar-refractivity contribution in [3.8, 4) is 0 Å². The third kappa shape index (κ3) is 18.2. The Morgan fingerprint density at radius 3 is 2.05 bits per heavy atom. The van der Waals surface area contributed by atoms with Crippen molar-refractivity contribution in [3.05, 3.63) is 13.8 Å². The Balaban J connectivity index is -0.000000348. The van der Waals surface area contributed by atoms with E-state index in [1.165, 1.54) is 6.21 Å². The quantitative estimate of drug-likeness (QED) is 0.275. The Hall–Kier alpha value is 0.114. The predicted octanol–water partition coefficient (Wildman–Crippen LogP) is 5.11. The van der Waals surface area contributed by atoms with Gasteiger partial charge in [-0.3, -0.25) is 0 Å². The molecule has 0 rings (SSSR count). The fraction of sp³-hybridized carbons (Fsp3) is 0.778. The average Bonchev–Trinajstić information content (AvgIpc) is 2.31. The first kappa shape index (κ1) is 27.0. The van der Waals surface area contributed by atoms with Crippen LogP contribution in [0.25, 0.3) is 0 Å². The number of rotatable bonds is 6. The van der Waals surface area contributed by atoms with Gasteiger partial charge in [-0.05, 0) is 11.8 Å². The van der Waals surface area contributed by atoms with Crippen LogP contribution >= 0.6 is 0 Å². The topological polar surface area (TPSA) is 38.7 Å². The van der Waals surface area contributed by atoms with E-state index in [1.807, 2.05) is 20.8 Å². The molecule has 0 N–H and O–H groups in total. The third-order valence-electron chi connectivity index (χ3n) is 2.71. The molecule has 0 saturated carbocycles. The van der Waals surface area contributed by atoms with Crippen LogP contribution in [0.3, 0.4) is 0 Å². The number of carbonyl (C=O) groups is 1. The summed E-state index contributed by atoms with van der Waals surface area (Å²) >= 11 is 0. The maximum absolute atomic E-state index is 11.8. The number of carbonyl (C=O) groups excluding carboxylic acids is 1. The van der Waals surface area contributed by atoms with Crippen molar-refractivity contribution in [3.63, 3.8) is 0 Å². The minimum Gasteiger partial charge on any atom is -0.399 e. The zero-order chi connectivity index (χ0) is 17.1.